The number of esters is 1. The minimum atomic E-state index is -0.759. The van der Waals surface area contributed by atoms with Crippen LogP contribution >= 0.6 is 0 Å². The van der Waals surface area contributed by atoms with Gasteiger partial charge in [0.05, 0.1) is 17.9 Å². The molecule has 2 aliphatic rings. The average Bonchev–Trinajstić information content (AvgIpc) is 2.75. The maximum absolute atomic E-state index is 12.3. The number of carbonyl (C=O) groups excluding carboxylic acids is 3. The molecule has 0 aromatic carbocycles. The van der Waals surface area contributed by atoms with Gasteiger partial charge in [0.2, 0.25) is 5.91 Å². The zero-order valence-corrected chi connectivity index (χ0v) is 14.3. The summed E-state index contributed by atoms with van der Waals surface area (Å²) in [5, 5.41) is 2.78. The molecule has 2 amide bonds. The number of likely N-dealkylation sites (tertiary alicyclic amines) is 1. The lowest BCUT2D eigenvalue weighted by Gasteiger charge is -2.40. The molecule has 0 saturated carbocycles. The molecular weight excluding hydrogens is 300 g/mol. The summed E-state index contributed by atoms with van der Waals surface area (Å²) in [4.78, 5) is 38.2. The number of nitrogens with one attached hydrogen (secondary N) is 1. The van der Waals surface area contributed by atoms with Gasteiger partial charge in [0.15, 0.2) is 0 Å². The summed E-state index contributed by atoms with van der Waals surface area (Å²) >= 11 is 0. The van der Waals surface area contributed by atoms with Crippen LogP contribution in [0.2, 0.25) is 0 Å². The quantitative estimate of drug-likeness (QED) is 0.774. The Morgan fingerprint density at radius 1 is 1.30 bits per heavy atom. The first kappa shape index (κ1) is 17.6. The highest BCUT2D eigenvalue weighted by atomic mass is 16.6. The van der Waals surface area contributed by atoms with Gasteiger partial charge in [0.1, 0.15) is 5.60 Å². The molecule has 0 unspecified atom stereocenters. The van der Waals surface area contributed by atoms with E-state index in [0.29, 0.717) is 39.1 Å². The van der Waals surface area contributed by atoms with E-state index in [1.54, 1.807) is 11.8 Å². The molecule has 7 heteroatoms. The van der Waals surface area contributed by atoms with E-state index in [9.17, 15) is 14.4 Å². The maximum atomic E-state index is 12.3. The number of ether oxygens (including phenoxy) is 2. The fourth-order valence-corrected chi connectivity index (χ4v) is 3.27. The van der Waals surface area contributed by atoms with Crippen LogP contribution in [0.4, 0.5) is 4.79 Å². The van der Waals surface area contributed by atoms with Crippen LogP contribution in [0.1, 0.15) is 40.5 Å². The Hall–Kier alpha value is -1.79. The Morgan fingerprint density at radius 2 is 1.91 bits per heavy atom. The third-order valence-corrected chi connectivity index (χ3v) is 4.46. The van der Waals surface area contributed by atoms with Crippen molar-refractivity contribution in [2.24, 2.45) is 11.3 Å². The zero-order chi connectivity index (χ0) is 17.3. The molecule has 2 fully saturated rings. The largest absolute Gasteiger partial charge is 0.466 e. The second-order valence-corrected chi connectivity index (χ2v) is 7.14. The van der Waals surface area contributed by atoms with Gasteiger partial charge in [-0.3, -0.25) is 9.59 Å². The number of piperidine rings is 1. The van der Waals surface area contributed by atoms with Gasteiger partial charge in [-0.05, 0) is 40.5 Å². The highest BCUT2D eigenvalue weighted by molar-refractivity contribution is 5.92. The monoisotopic (exact) mass is 326 g/mol. The summed E-state index contributed by atoms with van der Waals surface area (Å²) in [6.07, 6.45) is 0.516. The Bertz CT molecular complexity index is 489. The molecule has 0 aliphatic carbocycles. The van der Waals surface area contributed by atoms with E-state index in [1.807, 2.05) is 20.8 Å². The summed E-state index contributed by atoms with van der Waals surface area (Å²) in [6, 6.07) is 0. The first-order valence-corrected chi connectivity index (χ1v) is 8.12. The number of hydrogen-bond acceptors (Lipinski definition) is 5. The predicted octanol–water partition coefficient (Wildman–Crippen LogP) is 1.31. The normalized spacial score (nSPS) is 23.6. The van der Waals surface area contributed by atoms with Gasteiger partial charge in [-0.15, -0.1) is 0 Å². The molecule has 2 heterocycles. The molecule has 2 saturated heterocycles. The van der Waals surface area contributed by atoms with E-state index in [-0.39, 0.29) is 18.0 Å². The highest BCUT2D eigenvalue weighted by Crippen LogP contribution is 2.43. The Labute approximate surface area is 136 Å². The molecular formula is C16H26N2O5. The molecule has 1 N–H and O–H groups in total. The molecule has 2 aliphatic heterocycles. The number of carbonyl (C=O) groups is 3. The fraction of sp³-hybridized carbons (Fsp3) is 0.812. The number of nitrogens with zero attached hydrogens (tertiary/aromatic N) is 1. The van der Waals surface area contributed by atoms with E-state index in [1.165, 1.54) is 0 Å². The first-order valence-electron chi connectivity index (χ1n) is 8.12. The maximum Gasteiger partial charge on any atom is 0.410 e. The molecule has 0 aromatic rings. The zero-order valence-electron chi connectivity index (χ0n) is 14.3. The molecule has 0 bridgehead atoms. The van der Waals surface area contributed by atoms with Crippen LogP contribution in [0.3, 0.4) is 0 Å². The van der Waals surface area contributed by atoms with Crippen LogP contribution in [0.15, 0.2) is 0 Å². The van der Waals surface area contributed by atoms with E-state index in [2.05, 4.69) is 5.32 Å². The average molecular weight is 326 g/mol. The molecule has 1 spiro atoms. The van der Waals surface area contributed by atoms with E-state index in [4.69, 9.17) is 9.47 Å². The molecule has 7 nitrogen and oxygen atoms in total. The molecule has 0 aromatic heterocycles. The van der Waals surface area contributed by atoms with Gasteiger partial charge in [-0.1, -0.05) is 0 Å². The lowest BCUT2D eigenvalue weighted by Crippen LogP contribution is -2.50. The van der Waals surface area contributed by atoms with Crippen molar-refractivity contribution in [3.63, 3.8) is 0 Å². The van der Waals surface area contributed by atoms with Gasteiger partial charge in [-0.2, -0.15) is 0 Å². The van der Waals surface area contributed by atoms with Crippen molar-refractivity contribution < 1.29 is 23.9 Å². The Balaban J connectivity index is 2.04. The first-order chi connectivity index (χ1) is 10.7. The lowest BCUT2D eigenvalue weighted by molar-refractivity contribution is -0.155. The van der Waals surface area contributed by atoms with Crippen LogP contribution < -0.4 is 5.32 Å². The van der Waals surface area contributed by atoms with E-state index < -0.39 is 16.9 Å². The van der Waals surface area contributed by atoms with Crippen molar-refractivity contribution in [2.75, 3.05) is 26.2 Å². The smallest absolute Gasteiger partial charge is 0.410 e. The predicted molar refractivity (Wildman–Crippen MR) is 82.6 cm³/mol. The second-order valence-electron chi connectivity index (χ2n) is 7.14. The van der Waals surface area contributed by atoms with Gasteiger partial charge in [0.25, 0.3) is 0 Å². The van der Waals surface area contributed by atoms with Crippen molar-refractivity contribution >= 4 is 18.0 Å². The van der Waals surface area contributed by atoms with Gasteiger partial charge in [0, 0.05) is 19.6 Å². The summed E-state index contributed by atoms with van der Waals surface area (Å²) in [5.74, 6) is -0.924. The van der Waals surface area contributed by atoms with Crippen molar-refractivity contribution in [1.29, 1.82) is 0 Å². The second kappa shape index (κ2) is 6.37. The molecule has 1 atom stereocenters. The van der Waals surface area contributed by atoms with Crippen molar-refractivity contribution in [3.8, 4) is 0 Å². The summed E-state index contributed by atoms with van der Waals surface area (Å²) in [6.45, 7) is 8.61. The SMILES string of the molecule is CCOC(=O)[C@H]1CNC(=O)C12CCN(C(=O)OC(C)(C)C)CC2. The van der Waals surface area contributed by atoms with Crippen LogP contribution in [-0.4, -0.2) is 54.7 Å². The van der Waals surface area contributed by atoms with Crippen LogP contribution in [0, 0.1) is 11.3 Å². The van der Waals surface area contributed by atoms with Crippen LogP contribution in [0.25, 0.3) is 0 Å². The van der Waals surface area contributed by atoms with Crippen molar-refractivity contribution in [3.05, 3.63) is 0 Å². The van der Waals surface area contributed by atoms with Gasteiger partial charge in [-0.25, -0.2) is 4.79 Å². The molecule has 0 radical (unpaired) electrons. The molecule has 23 heavy (non-hydrogen) atoms. The standard InChI is InChI=1S/C16H26N2O5/c1-5-22-12(19)11-10-17-13(20)16(11)6-8-18(9-7-16)14(21)23-15(2,3)4/h11H,5-10H2,1-4H3,(H,17,20)/t11-/m1/s1. The van der Waals surface area contributed by atoms with Crippen molar-refractivity contribution in [2.45, 2.75) is 46.1 Å². The Morgan fingerprint density at radius 3 is 2.43 bits per heavy atom. The summed E-state index contributed by atoms with van der Waals surface area (Å²) in [5.41, 5.74) is -1.31. The van der Waals surface area contributed by atoms with Gasteiger partial charge >= 0.3 is 12.1 Å². The molecule has 2 rings (SSSR count). The minimum Gasteiger partial charge on any atom is -0.466 e. The van der Waals surface area contributed by atoms with Crippen LogP contribution in [0.5, 0.6) is 0 Å². The topological polar surface area (TPSA) is 84.9 Å². The molecule has 130 valence electrons. The van der Waals surface area contributed by atoms with E-state index >= 15 is 0 Å². The third-order valence-electron chi connectivity index (χ3n) is 4.46. The third kappa shape index (κ3) is 3.59. The van der Waals surface area contributed by atoms with E-state index in [0.717, 1.165) is 0 Å². The number of hydrogen-bond donors (Lipinski definition) is 1. The fourth-order valence-electron chi connectivity index (χ4n) is 3.27. The number of amides is 2. The van der Waals surface area contributed by atoms with Crippen LogP contribution in [-0.2, 0) is 19.1 Å². The summed E-state index contributed by atoms with van der Waals surface area (Å²) < 4.78 is 10.5. The van der Waals surface area contributed by atoms with Crippen molar-refractivity contribution in [1.82, 2.24) is 10.2 Å². The highest BCUT2D eigenvalue weighted by Gasteiger charge is 2.55. The summed E-state index contributed by atoms with van der Waals surface area (Å²) in [7, 11) is 0. The minimum absolute atomic E-state index is 0.112. The van der Waals surface area contributed by atoms with Gasteiger partial charge < -0.3 is 19.7 Å². The number of rotatable bonds is 2. The lowest BCUT2D eigenvalue weighted by atomic mass is 9.70. The Kier molecular flexibility index (Phi) is 4.87.